The SMILES string of the molecule is N/C=C\C(=N\c1ccccn1)C(=O)NC(Cc1cscn1)C(=O)C(N)=O. The van der Waals surface area contributed by atoms with E-state index in [2.05, 4.69) is 20.3 Å². The summed E-state index contributed by atoms with van der Waals surface area (Å²) in [4.78, 5) is 47.9. The highest BCUT2D eigenvalue weighted by molar-refractivity contribution is 7.07. The van der Waals surface area contributed by atoms with E-state index < -0.39 is 23.6 Å². The second kappa shape index (κ2) is 9.18. The fourth-order valence-corrected chi connectivity index (χ4v) is 2.53. The van der Waals surface area contributed by atoms with E-state index in [-0.39, 0.29) is 18.0 Å². The number of hydrogen-bond acceptors (Lipinski definition) is 8. The van der Waals surface area contributed by atoms with Crippen LogP contribution < -0.4 is 16.8 Å². The molecule has 0 aromatic carbocycles. The first-order valence-electron chi connectivity index (χ1n) is 7.41. The number of nitrogens with one attached hydrogen (secondary N) is 1. The quantitative estimate of drug-likeness (QED) is 0.433. The minimum atomic E-state index is -1.16. The van der Waals surface area contributed by atoms with Gasteiger partial charge in [0.25, 0.3) is 11.8 Å². The number of pyridine rings is 1. The molecule has 2 aromatic heterocycles. The third-order valence-electron chi connectivity index (χ3n) is 3.13. The van der Waals surface area contributed by atoms with Crippen molar-refractivity contribution in [3.05, 3.63) is 53.3 Å². The number of carbonyl (C=O) groups excluding carboxylic acids is 3. The largest absolute Gasteiger partial charge is 0.405 e. The molecule has 134 valence electrons. The molecule has 0 aliphatic heterocycles. The minimum Gasteiger partial charge on any atom is -0.405 e. The summed E-state index contributed by atoms with van der Waals surface area (Å²) < 4.78 is 0. The number of amides is 2. The molecule has 2 aromatic rings. The number of thiazole rings is 1. The van der Waals surface area contributed by atoms with Gasteiger partial charge >= 0.3 is 0 Å². The first-order chi connectivity index (χ1) is 12.5. The van der Waals surface area contributed by atoms with Crippen LogP contribution in [0, 0.1) is 0 Å². The molecule has 1 unspecified atom stereocenters. The van der Waals surface area contributed by atoms with E-state index in [9.17, 15) is 14.4 Å². The number of Topliss-reactive ketones (excluding diaryl/α,β-unsaturated/α-hetero) is 1. The summed E-state index contributed by atoms with van der Waals surface area (Å²) in [7, 11) is 0. The number of ketones is 1. The summed E-state index contributed by atoms with van der Waals surface area (Å²) in [5.74, 6) is -2.50. The Hall–Kier alpha value is -3.40. The molecule has 5 N–H and O–H groups in total. The van der Waals surface area contributed by atoms with Crippen molar-refractivity contribution in [2.24, 2.45) is 16.5 Å². The lowest BCUT2D eigenvalue weighted by Crippen LogP contribution is -2.49. The van der Waals surface area contributed by atoms with Crippen molar-refractivity contribution >= 4 is 40.5 Å². The molecular weight excluding hydrogens is 356 g/mol. The monoisotopic (exact) mass is 372 g/mol. The standard InChI is InChI=1S/C16H16N6O3S/c17-5-4-11(21-13-3-1-2-6-19-13)16(25)22-12(14(23)15(18)24)7-10-8-26-9-20-10/h1-6,8-9,12H,7,17H2,(H2,18,24)(H,22,25)/b5-4-,21-11-. The topological polar surface area (TPSA) is 153 Å². The van der Waals surface area contributed by atoms with Gasteiger partial charge in [-0.05, 0) is 24.4 Å². The maximum Gasteiger partial charge on any atom is 0.287 e. The summed E-state index contributed by atoms with van der Waals surface area (Å²) >= 11 is 1.33. The molecule has 0 fully saturated rings. The zero-order chi connectivity index (χ0) is 18.9. The molecule has 1 atom stereocenters. The Morgan fingerprint density at radius 2 is 2.12 bits per heavy atom. The maximum absolute atomic E-state index is 12.5. The number of aromatic nitrogens is 2. The lowest BCUT2D eigenvalue weighted by Gasteiger charge is -2.15. The molecule has 10 heteroatoms. The van der Waals surface area contributed by atoms with Gasteiger partial charge in [0.15, 0.2) is 5.82 Å². The summed E-state index contributed by atoms with van der Waals surface area (Å²) in [5, 5.41) is 4.16. The predicted octanol–water partition coefficient (Wildman–Crippen LogP) is -0.135. The second-order valence-electron chi connectivity index (χ2n) is 4.98. The van der Waals surface area contributed by atoms with Crippen LogP contribution in [-0.4, -0.2) is 39.3 Å². The van der Waals surface area contributed by atoms with Crippen molar-refractivity contribution in [1.82, 2.24) is 15.3 Å². The van der Waals surface area contributed by atoms with Crippen molar-refractivity contribution in [1.29, 1.82) is 0 Å². The van der Waals surface area contributed by atoms with Gasteiger partial charge in [0.05, 0.1) is 11.2 Å². The summed E-state index contributed by atoms with van der Waals surface area (Å²) in [5.41, 5.74) is 12.5. The van der Waals surface area contributed by atoms with E-state index in [4.69, 9.17) is 11.5 Å². The third-order valence-corrected chi connectivity index (χ3v) is 3.77. The van der Waals surface area contributed by atoms with Gasteiger partial charge in [0.1, 0.15) is 11.8 Å². The van der Waals surface area contributed by atoms with Crippen molar-refractivity contribution in [2.45, 2.75) is 12.5 Å². The Kier molecular flexibility index (Phi) is 6.68. The number of nitrogens with zero attached hydrogens (tertiary/aromatic N) is 3. The van der Waals surface area contributed by atoms with Gasteiger partial charge in [-0.25, -0.2) is 15.0 Å². The van der Waals surface area contributed by atoms with Crippen molar-refractivity contribution in [3.8, 4) is 0 Å². The second-order valence-corrected chi connectivity index (χ2v) is 5.70. The molecule has 2 amide bonds. The lowest BCUT2D eigenvalue weighted by molar-refractivity contribution is -0.137. The van der Waals surface area contributed by atoms with Crippen LogP contribution in [0.4, 0.5) is 5.82 Å². The zero-order valence-electron chi connectivity index (χ0n) is 13.5. The Morgan fingerprint density at radius 3 is 2.69 bits per heavy atom. The number of nitrogens with two attached hydrogens (primary N) is 2. The van der Waals surface area contributed by atoms with Crippen molar-refractivity contribution in [3.63, 3.8) is 0 Å². The van der Waals surface area contributed by atoms with Gasteiger partial charge in [0, 0.05) is 18.0 Å². The average molecular weight is 372 g/mol. The Morgan fingerprint density at radius 1 is 1.31 bits per heavy atom. The summed E-state index contributed by atoms with van der Waals surface area (Å²) in [6.45, 7) is 0. The van der Waals surface area contributed by atoms with Crippen molar-refractivity contribution < 1.29 is 14.4 Å². The van der Waals surface area contributed by atoms with E-state index in [1.54, 1.807) is 29.1 Å². The van der Waals surface area contributed by atoms with E-state index in [0.29, 0.717) is 5.69 Å². The molecule has 0 radical (unpaired) electrons. The minimum absolute atomic E-state index is 0.0280. The lowest BCUT2D eigenvalue weighted by atomic mass is 10.1. The first-order valence-corrected chi connectivity index (χ1v) is 8.35. The highest BCUT2D eigenvalue weighted by Gasteiger charge is 2.27. The number of aliphatic imine (C=N–C) groups is 1. The molecule has 2 heterocycles. The van der Waals surface area contributed by atoms with Crippen LogP contribution in [-0.2, 0) is 20.8 Å². The normalized spacial score (nSPS) is 12.7. The molecule has 2 rings (SSSR count). The van der Waals surface area contributed by atoms with Crippen LogP contribution in [0.1, 0.15) is 5.69 Å². The van der Waals surface area contributed by atoms with Crippen LogP contribution in [0.3, 0.4) is 0 Å². The highest BCUT2D eigenvalue weighted by Crippen LogP contribution is 2.08. The molecular formula is C16H16N6O3S. The summed E-state index contributed by atoms with van der Waals surface area (Å²) in [6, 6.07) is 3.84. The third kappa shape index (κ3) is 5.31. The van der Waals surface area contributed by atoms with E-state index in [0.717, 1.165) is 6.20 Å². The molecule has 26 heavy (non-hydrogen) atoms. The molecule has 0 aliphatic rings. The van der Waals surface area contributed by atoms with Crippen LogP contribution in [0.5, 0.6) is 0 Å². The van der Waals surface area contributed by atoms with Gasteiger partial charge in [-0.2, -0.15) is 0 Å². The molecule has 0 saturated heterocycles. The fourth-order valence-electron chi connectivity index (χ4n) is 1.96. The van der Waals surface area contributed by atoms with Gasteiger partial charge in [-0.1, -0.05) is 6.07 Å². The van der Waals surface area contributed by atoms with Gasteiger partial charge in [0.2, 0.25) is 5.78 Å². The molecule has 0 spiro atoms. The van der Waals surface area contributed by atoms with Crippen LogP contribution in [0.2, 0.25) is 0 Å². The Balaban J connectivity index is 2.23. The zero-order valence-corrected chi connectivity index (χ0v) is 14.3. The molecule has 0 saturated carbocycles. The van der Waals surface area contributed by atoms with Crippen molar-refractivity contribution in [2.75, 3.05) is 0 Å². The Bertz CT molecular complexity index is 833. The van der Waals surface area contributed by atoms with E-state index >= 15 is 0 Å². The number of rotatable bonds is 8. The predicted molar refractivity (Wildman–Crippen MR) is 96.6 cm³/mol. The van der Waals surface area contributed by atoms with Gasteiger partial charge in [-0.3, -0.25) is 14.4 Å². The maximum atomic E-state index is 12.5. The summed E-state index contributed by atoms with van der Waals surface area (Å²) in [6.07, 6.45) is 3.94. The van der Waals surface area contributed by atoms with Crippen LogP contribution >= 0.6 is 11.3 Å². The van der Waals surface area contributed by atoms with E-state index in [1.807, 2.05) is 0 Å². The Labute approximate surface area is 152 Å². The smallest absolute Gasteiger partial charge is 0.287 e. The van der Waals surface area contributed by atoms with E-state index in [1.165, 1.54) is 23.6 Å². The number of hydrogen-bond donors (Lipinski definition) is 3. The van der Waals surface area contributed by atoms with Crippen LogP contribution in [0.25, 0.3) is 0 Å². The fraction of sp³-hybridized carbons (Fsp3) is 0.125. The van der Waals surface area contributed by atoms with Gasteiger partial charge < -0.3 is 16.8 Å². The molecule has 0 aliphatic carbocycles. The number of primary amides is 1. The molecule has 9 nitrogen and oxygen atoms in total. The highest BCUT2D eigenvalue weighted by atomic mass is 32.1. The van der Waals surface area contributed by atoms with Gasteiger partial charge in [-0.15, -0.1) is 11.3 Å². The van der Waals surface area contributed by atoms with Crippen LogP contribution in [0.15, 0.2) is 52.6 Å². The average Bonchev–Trinajstić information content (AvgIpc) is 3.14. The number of carbonyl (C=O) groups is 3. The first kappa shape index (κ1) is 18.9. The molecule has 0 bridgehead atoms.